The van der Waals surface area contributed by atoms with E-state index in [9.17, 15) is 4.79 Å². The minimum atomic E-state index is -0.468. The van der Waals surface area contributed by atoms with Gasteiger partial charge in [0.05, 0.1) is 12.7 Å². The molecule has 3 heterocycles. The lowest BCUT2D eigenvalue weighted by Crippen LogP contribution is -2.54. The van der Waals surface area contributed by atoms with Crippen molar-refractivity contribution in [3.63, 3.8) is 0 Å². The van der Waals surface area contributed by atoms with Crippen LogP contribution in [0.2, 0.25) is 0 Å². The van der Waals surface area contributed by atoms with E-state index in [4.69, 9.17) is 9.15 Å². The highest BCUT2D eigenvalue weighted by molar-refractivity contribution is 5.80. The lowest BCUT2D eigenvalue weighted by molar-refractivity contribution is 0.00544. The molecule has 0 spiro atoms. The summed E-state index contributed by atoms with van der Waals surface area (Å²) in [5.74, 6) is 2.23. The van der Waals surface area contributed by atoms with E-state index < -0.39 is 5.60 Å². The lowest BCUT2D eigenvalue weighted by atomic mass is 9.94. The second-order valence-electron chi connectivity index (χ2n) is 10.4. The van der Waals surface area contributed by atoms with Crippen LogP contribution < -0.4 is 10.6 Å². The van der Waals surface area contributed by atoms with Gasteiger partial charge in [0.25, 0.3) is 0 Å². The maximum atomic E-state index is 12.6. The number of nitrogens with one attached hydrogen (secondary N) is 2. The van der Waals surface area contributed by atoms with Crippen molar-refractivity contribution in [3.05, 3.63) is 17.8 Å². The second kappa shape index (κ2) is 8.47. The van der Waals surface area contributed by atoms with Gasteiger partial charge >= 0.3 is 6.09 Å². The fourth-order valence-corrected chi connectivity index (χ4v) is 4.19. The third-order valence-corrected chi connectivity index (χ3v) is 5.60. The average molecular weight is 420 g/mol. The molecule has 2 N–H and O–H groups in total. The number of carbonyl (C=O) groups is 1. The molecular weight excluding hydrogens is 382 g/mol. The fourth-order valence-electron chi connectivity index (χ4n) is 4.19. The van der Waals surface area contributed by atoms with Crippen LogP contribution >= 0.6 is 0 Å². The van der Waals surface area contributed by atoms with Crippen molar-refractivity contribution in [3.8, 4) is 0 Å². The van der Waals surface area contributed by atoms with Crippen molar-refractivity contribution in [1.29, 1.82) is 0 Å². The highest BCUT2D eigenvalue weighted by Crippen LogP contribution is 2.36. The Balaban J connectivity index is 1.53. The molecule has 0 radical (unpaired) electrons. The van der Waals surface area contributed by atoms with Crippen LogP contribution in [0.3, 0.4) is 0 Å². The zero-order chi connectivity index (χ0) is 22.1. The van der Waals surface area contributed by atoms with Gasteiger partial charge in [-0.15, -0.1) is 0 Å². The standard InChI is InChI=1S/C22H37N5O3/c1-21(2,3)17-12-24-18(29-17)13-25-19(23-7)26-14-10-15-8-9-16(11-14)27(15)20(28)30-22(4,5)6/h12,14-16H,8-11,13H2,1-7H3,(H2,23,25,26). The molecule has 30 heavy (non-hydrogen) atoms. The Morgan fingerprint density at radius 1 is 1.23 bits per heavy atom. The van der Waals surface area contributed by atoms with Crippen LogP contribution in [0.4, 0.5) is 4.79 Å². The maximum absolute atomic E-state index is 12.6. The van der Waals surface area contributed by atoms with Gasteiger partial charge < -0.3 is 24.7 Å². The van der Waals surface area contributed by atoms with Crippen LogP contribution in [-0.4, -0.2) is 52.7 Å². The number of ether oxygens (including phenoxy) is 1. The molecule has 168 valence electrons. The molecular formula is C22H37N5O3. The monoisotopic (exact) mass is 419 g/mol. The molecule has 0 saturated carbocycles. The number of aromatic nitrogens is 1. The number of carbonyl (C=O) groups excluding carboxylic acids is 1. The number of fused-ring (bicyclic) bond motifs is 2. The van der Waals surface area contributed by atoms with Crippen molar-refractivity contribution in [2.75, 3.05) is 7.05 Å². The smallest absolute Gasteiger partial charge is 0.410 e. The number of aliphatic imine (C=N–C) groups is 1. The molecule has 8 heteroatoms. The quantitative estimate of drug-likeness (QED) is 0.575. The number of guanidine groups is 1. The van der Waals surface area contributed by atoms with Gasteiger partial charge in [0, 0.05) is 30.6 Å². The van der Waals surface area contributed by atoms with Crippen molar-refractivity contribution >= 4 is 12.1 Å². The van der Waals surface area contributed by atoms with Crippen LogP contribution in [0.25, 0.3) is 0 Å². The molecule has 0 aliphatic carbocycles. The highest BCUT2D eigenvalue weighted by Gasteiger charge is 2.45. The van der Waals surface area contributed by atoms with Crippen LogP contribution in [0, 0.1) is 0 Å². The number of hydrogen-bond acceptors (Lipinski definition) is 5. The summed E-state index contributed by atoms with van der Waals surface area (Å²) in [4.78, 5) is 23.3. The van der Waals surface area contributed by atoms with E-state index in [0.29, 0.717) is 12.4 Å². The Morgan fingerprint density at radius 2 is 1.87 bits per heavy atom. The van der Waals surface area contributed by atoms with Crippen LogP contribution in [0.15, 0.2) is 15.6 Å². The van der Waals surface area contributed by atoms with Gasteiger partial charge in [-0.2, -0.15) is 0 Å². The normalized spacial score (nSPS) is 24.7. The summed E-state index contributed by atoms with van der Waals surface area (Å²) in [6.07, 6.45) is 5.44. The highest BCUT2D eigenvalue weighted by atomic mass is 16.6. The minimum absolute atomic E-state index is 0.0629. The van der Waals surface area contributed by atoms with E-state index in [1.54, 1.807) is 13.2 Å². The van der Waals surface area contributed by atoms with Crippen molar-refractivity contribution in [2.45, 2.75) is 103 Å². The Hall–Kier alpha value is -2.25. The van der Waals surface area contributed by atoms with Gasteiger partial charge in [-0.05, 0) is 46.5 Å². The molecule has 8 nitrogen and oxygen atoms in total. The molecule has 2 saturated heterocycles. The van der Waals surface area contributed by atoms with Gasteiger partial charge in [-0.1, -0.05) is 20.8 Å². The molecule has 2 fully saturated rings. The van der Waals surface area contributed by atoms with Gasteiger partial charge in [0.2, 0.25) is 5.89 Å². The summed E-state index contributed by atoms with van der Waals surface area (Å²) in [7, 11) is 1.76. The van der Waals surface area contributed by atoms with Crippen molar-refractivity contribution in [1.82, 2.24) is 20.5 Å². The SMILES string of the molecule is CN=C(NCc1ncc(C(C)(C)C)o1)NC1CC2CCC(C1)N2C(=O)OC(C)(C)C. The molecule has 2 aliphatic heterocycles. The third kappa shape index (κ3) is 5.46. The zero-order valence-corrected chi connectivity index (χ0v) is 19.4. The van der Waals surface area contributed by atoms with Crippen LogP contribution in [-0.2, 0) is 16.7 Å². The Bertz CT molecular complexity index is 760. The average Bonchev–Trinajstić information content (AvgIpc) is 3.20. The molecule has 0 aromatic carbocycles. The maximum Gasteiger partial charge on any atom is 0.410 e. The first-order valence-electron chi connectivity index (χ1n) is 10.9. The number of hydrogen-bond donors (Lipinski definition) is 2. The van der Waals surface area contributed by atoms with Gasteiger partial charge in [0.15, 0.2) is 5.96 Å². The summed E-state index contributed by atoms with van der Waals surface area (Å²) in [5, 5.41) is 6.80. The van der Waals surface area contributed by atoms with Crippen molar-refractivity contribution in [2.24, 2.45) is 4.99 Å². The second-order valence-corrected chi connectivity index (χ2v) is 10.4. The van der Waals surface area contributed by atoms with Gasteiger partial charge in [-0.3, -0.25) is 4.99 Å². The van der Waals surface area contributed by atoms with Crippen LogP contribution in [0.1, 0.15) is 78.9 Å². The number of nitrogens with zero attached hydrogens (tertiary/aromatic N) is 3. The predicted octanol–water partition coefficient (Wildman–Crippen LogP) is 3.57. The van der Waals surface area contributed by atoms with E-state index in [-0.39, 0.29) is 29.6 Å². The molecule has 3 rings (SSSR count). The summed E-state index contributed by atoms with van der Waals surface area (Å²) >= 11 is 0. The van der Waals surface area contributed by atoms with E-state index in [1.807, 2.05) is 25.7 Å². The first kappa shape index (κ1) is 22.4. The van der Waals surface area contributed by atoms with E-state index >= 15 is 0 Å². The van der Waals surface area contributed by atoms with Gasteiger partial charge in [-0.25, -0.2) is 9.78 Å². The molecule has 2 aliphatic rings. The largest absolute Gasteiger partial charge is 0.444 e. The molecule has 1 aromatic rings. The Labute approximate surface area is 179 Å². The molecule has 2 bridgehead atoms. The lowest BCUT2D eigenvalue weighted by Gasteiger charge is -2.40. The summed E-state index contributed by atoms with van der Waals surface area (Å²) in [5.41, 5.74) is -0.531. The topological polar surface area (TPSA) is 92.0 Å². The number of oxazole rings is 1. The number of rotatable bonds is 3. The molecule has 1 amide bonds. The third-order valence-electron chi connectivity index (χ3n) is 5.60. The molecule has 2 atom stereocenters. The fraction of sp³-hybridized carbons (Fsp3) is 0.773. The van der Waals surface area contributed by atoms with E-state index in [0.717, 1.165) is 37.4 Å². The molecule has 1 aromatic heterocycles. The van der Waals surface area contributed by atoms with E-state index in [1.165, 1.54) is 0 Å². The Kier molecular flexibility index (Phi) is 6.34. The first-order valence-corrected chi connectivity index (χ1v) is 10.9. The summed E-state index contributed by atoms with van der Waals surface area (Å²) in [6.45, 7) is 12.5. The minimum Gasteiger partial charge on any atom is -0.444 e. The van der Waals surface area contributed by atoms with Crippen molar-refractivity contribution < 1.29 is 13.9 Å². The van der Waals surface area contributed by atoms with E-state index in [2.05, 4.69) is 41.4 Å². The predicted molar refractivity (Wildman–Crippen MR) is 116 cm³/mol. The summed E-state index contributed by atoms with van der Waals surface area (Å²) < 4.78 is 11.5. The van der Waals surface area contributed by atoms with Gasteiger partial charge in [0.1, 0.15) is 11.4 Å². The zero-order valence-electron chi connectivity index (χ0n) is 19.4. The molecule has 2 unspecified atom stereocenters. The Morgan fingerprint density at radius 3 is 2.37 bits per heavy atom. The first-order chi connectivity index (χ1) is 14.0. The number of piperidine rings is 1. The summed E-state index contributed by atoms with van der Waals surface area (Å²) in [6, 6.07) is 0.702. The number of amides is 1. The van der Waals surface area contributed by atoms with Crippen LogP contribution in [0.5, 0.6) is 0 Å².